The monoisotopic (exact) mass is 348 g/mol. The summed E-state index contributed by atoms with van der Waals surface area (Å²) in [5, 5.41) is 9.03. The molecule has 0 aliphatic carbocycles. The Kier molecular flexibility index (Phi) is 5.21. The van der Waals surface area contributed by atoms with E-state index in [2.05, 4.69) is 20.3 Å². The number of amides is 1. The molecule has 0 atom stereocenters. The van der Waals surface area contributed by atoms with Gasteiger partial charge in [-0.1, -0.05) is 0 Å². The predicted octanol–water partition coefficient (Wildman–Crippen LogP) is 0.514. The predicted molar refractivity (Wildman–Crippen MR) is 93.2 cm³/mol. The van der Waals surface area contributed by atoms with Crippen LogP contribution in [0.25, 0.3) is 0 Å². The van der Waals surface area contributed by atoms with Crippen molar-refractivity contribution in [1.82, 2.24) is 14.8 Å². The highest BCUT2D eigenvalue weighted by Crippen LogP contribution is 2.20. The first-order valence-corrected chi connectivity index (χ1v) is 8.75. The average molecular weight is 348 g/mol. The second kappa shape index (κ2) is 7.54. The van der Waals surface area contributed by atoms with Gasteiger partial charge in [-0.25, -0.2) is 9.67 Å². The van der Waals surface area contributed by atoms with Gasteiger partial charge in [-0.3, -0.25) is 9.59 Å². The molecule has 1 aliphatic heterocycles. The van der Waals surface area contributed by atoms with E-state index >= 15 is 0 Å². The first-order valence-electron chi connectivity index (χ1n) is 7.87. The fourth-order valence-electron chi connectivity index (χ4n) is 2.72. The number of nitrogens with two attached hydrogens (primary N) is 1. The van der Waals surface area contributed by atoms with E-state index in [-0.39, 0.29) is 18.0 Å². The van der Waals surface area contributed by atoms with Crippen LogP contribution in [0.3, 0.4) is 0 Å². The minimum Gasteiger partial charge on any atom is -0.370 e. The van der Waals surface area contributed by atoms with Crippen molar-refractivity contribution in [1.29, 1.82) is 0 Å². The van der Waals surface area contributed by atoms with Crippen molar-refractivity contribution in [3.8, 4) is 0 Å². The van der Waals surface area contributed by atoms with Gasteiger partial charge in [0.15, 0.2) is 5.13 Å². The van der Waals surface area contributed by atoms with Gasteiger partial charge in [0.1, 0.15) is 6.54 Å². The Morgan fingerprint density at radius 1 is 1.42 bits per heavy atom. The highest BCUT2D eigenvalue weighted by Gasteiger charge is 2.19. The lowest BCUT2D eigenvalue weighted by molar-refractivity contribution is -0.117. The number of nitrogens with zero attached hydrogens (tertiary/aromatic N) is 4. The quantitative estimate of drug-likeness (QED) is 0.816. The molecule has 0 aromatic carbocycles. The van der Waals surface area contributed by atoms with Crippen molar-refractivity contribution >= 4 is 28.1 Å². The SMILES string of the molecule is NCC1CCN(c2cnn(CC(=O)Nc3nccs3)c(=O)c2)CC1. The Morgan fingerprint density at radius 2 is 2.21 bits per heavy atom. The number of nitrogens with one attached hydrogen (secondary N) is 1. The molecule has 0 saturated carbocycles. The van der Waals surface area contributed by atoms with Gasteiger partial charge < -0.3 is 16.0 Å². The number of anilines is 2. The molecule has 8 nitrogen and oxygen atoms in total. The summed E-state index contributed by atoms with van der Waals surface area (Å²) < 4.78 is 1.15. The molecule has 128 valence electrons. The van der Waals surface area contributed by atoms with E-state index in [1.807, 2.05) is 0 Å². The molecular weight excluding hydrogens is 328 g/mol. The molecule has 2 aromatic heterocycles. The van der Waals surface area contributed by atoms with E-state index in [0.29, 0.717) is 17.6 Å². The highest BCUT2D eigenvalue weighted by atomic mass is 32.1. The molecule has 0 unspecified atom stereocenters. The van der Waals surface area contributed by atoms with Gasteiger partial charge >= 0.3 is 0 Å². The van der Waals surface area contributed by atoms with Gasteiger partial charge in [-0.2, -0.15) is 5.10 Å². The lowest BCUT2D eigenvalue weighted by Crippen LogP contribution is -2.37. The summed E-state index contributed by atoms with van der Waals surface area (Å²) in [4.78, 5) is 30.2. The van der Waals surface area contributed by atoms with Crippen LogP contribution in [0.4, 0.5) is 10.8 Å². The molecule has 3 N–H and O–H groups in total. The highest BCUT2D eigenvalue weighted by molar-refractivity contribution is 7.13. The van der Waals surface area contributed by atoms with E-state index in [1.54, 1.807) is 17.8 Å². The third kappa shape index (κ3) is 3.98. The molecular formula is C15H20N6O2S. The van der Waals surface area contributed by atoms with Gasteiger partial charge in [0.25, 0.3) is 5.56 Å². The number of aromatic nitrogens is 3. The number of carbonyl (C=O) groups is 1. The maximum absolute atomic E-state index is 12.2. The number of hydrogen-bond acceptors (Lipinski definition) is 7. The minimum atomic E-state index is -0.323. The smallest absolute Gasteiger partial charge is 0.269 e. The second-order valence-electron chi connectivity index (χ2n) is 5.76. The summed E-state index contributed by atoms with van der Waals surface area (Å²) in [6.07, 6.45) is 5.29. The molecule has 0 spiro atoms. The Labute approximate surface area is 143 Å². The van der Waals surface area contributed by atoms with Gasteiger partial charge in [-0.05, 0) is 25.3 Å². The standard InChI is InChI=1S/C15H20N6O2S/c16-8-11-1-4-20(5-2-11)12-7-14(23)21(18-9-12)10-13(22)19-15-17-3-6-24-15/h3,6-7,9,11H,1-2,4-5,8,10,16H2,(H,17,19,22). The lowest BCUT2D eigenvalue weighted by Gasteiger charge is -2.32. The van der Waals surface area contributed by atoms with E-state index in [4.69, 9.17) is 5.73 Å². The van der Waals surface area contributed by atoms with Crippen molar-refractivity contribution in [3.63, 3.8) is 0 Å². The van der Waals surface area contributed by atoms with Crippen LogP contribution in [0.1, 0.15) is 12.8 Å². The molecule has 2 aromatic rings. The van der Waals surface area contributed by atoms with Gasteiger partial charge in [-0.15, -0.1) is 11.3 Å². The molecule has 1 aliphatic rings. The number of thiazole rings is 1. The third-order valence-corrected chi connectivity index (χ3v) is 4.83. The maximum atomic E-state index is 12.2. The van der Waals surface area contributed by atoms with E-state index in [0.717, 1.165) is 36.3 Å². The van der Waals surface area contributed by atoms with E-state index in [1.165, 1.54) is 17.4 Å². The molecule has 1 fully saturated rings. The van der Waals surface area contributed by atoms with Crippen molar-refractivity contribution in [3.05, 3.63) is 34.2 Å². The largest absolute Gasteiger partial charge is 0.370 e. The van der Waals surface area contributed by atoms with Crippen LogP contribution < -0.4 is 21.5 Å². The summed E-state index contributed by atoms with van der Waals surface area (Å²) in [5.41, 5.74) is 6.21. The summed E-state index contributed by atoms with van der Waals surface area (Å²) >= 11 is 1.32. The fraction of sp³-hybridized carbons (Fsp3) is 0.467. The molecule has 9 heteroatoms. The molecule has 3 heterocycles. The van der Waals surface area contributed by atoms with Crippen LogP contribution in [0.15, 0.2) is 28.6 Å². The fourth-order valence-corrected chi connectivity index (χ4v) is 3.27. The maximum Gasteiger partial charge on any atom is 0.269 e. The molecule has 0 radical (unpaired) electrons. The zero-order valence-electron chi connectivity index (χ0n) is 13.2. The van der Waals surface area contributed by atoms with Crippen LogP contribution in [0.2, 0.25) is 0 Å². The Balaban J connectivity index is 1.62. The summed E-state index contributed by atoms with van der Waals surface area (Å²) in [6, 6.07) is 1.53. The Hall–Kier alpha value is -2.26. The van der Waals surface area contributed by atoms with Crippen molar-refractivity contribution in [2.75, 3.05) is 29.9 Å². The first kappa shape index (κ1) is 16.6. The van der Waals surface area contributed by atoms with Crippen molar-refractivity contribution < 1.29 is 4.79 Å². The van der Waals surface area contributed by atoms with Crippen LogP contribution >= 0.6 is 11.3 Å². The number of piperidine rings is 1. The lowest BCUT2D eigenvalue weighted by atomic mass is 9.97. The van der Waals surface area contributed by atoms with Crippen LogP contribution in [-0.2, 0) is 11.3 Å². The Bertz CT molecular complexity index is 737. The second-order valence-corrected chi connectivity index (χ2v) is 6.66. The normalized spacial score (nSPS) is 15.5. The van der Waals surface area contributed by atoms with Crippen LogP contribution in [-0.4, -0.2) is 40.3 Å². The van der Waals surface area contributed by atoms with E-state index in [9.17, 15) is 9.59 Å². The zero-order valence-corrected chi connectivity index (χ0v) is 14.0. The number of hydrogen-bond donors (Lipinski definition) is 2. The zero-order chi connectivity index (χ0) is 16.9. The van der Waals surface area contributed by atoms with Crippen LogP contribution in [0, 0.1) is 5.92 Å². The Morgan fingerprint density at radius 3 is 2.83 bits per heavy atom. The topological polar surface area (TPSA) is 106 Å². The first-order chi connectivity index (χ1) is 11.7. The molecule has 1 amide bonds. The summed E-state index contributed by atoms with van der Waals surface area (Å²) in [6.45, 7) is 2.32. The molecule has 3 rings (SSSR count). The van der Waals surface area contributed by atoms with Gasteiger partial charge in [0, 0.05) is 30.7 Å². The molecule has 24 heavy (non-hydrogen) atoms. The average Bonchev–Trinajstić information content (AvgIpc) is 3.09. The van der Waals surface area contributed by atoms with Gasteiger partial charge in [0.2, 0.25) is 5.91 Å². The summed E-state index contributed by atoms with van der Waals surface area (Å²) in [7, 11) is 0. The van der Waals surface area contributed by atoms with Crippen molar-refractivity contribution in [2.45, 2.75) is 19.4 Å². The number of rotatable bonds is 5. The van der Waals surface area contributed by atoms with Crippen LogP contribution in [0.5, 0.6) is 0 Å². The molecule has 1 saturated heterocycles. The van der Waals surface area contributed by atoms with E-state index < -0.39 is 0 Å². The third-order valence-electron chi connectivity index (χ3n) is 4.14. The molecule has 0 bridgehead atoms. The summed E-state index contributed by atoms with van der Waals surface area (Å²) in [5.74, 6) is 0.236. The minimum absolute atomic E-state index is 0.131. The van der Waals surface area contributed by atoms with Crippen molar-refractivity contribution in [2.24, 2.45) is 11.7 Å². The van der Waals surface area contributed by atoms with Gasteiger partial charge in [0.05, 0.1) is 11.9 Å². The number of carbonyl (C=O) groups excluding carboxylic acids is 1.